The number of rotatable bonds is 2. The number of fused-ring (bicyclic) bond motifs is 1. The maximum atomic E-state index is 11.3. The van der Waals surface area contributed by atoms with Gasteiger partial charge in [0.2, 0.25) is 5.78 Å². The quantitative estimate of drug-likeness (QED) is 0.528. The van der Waals surface area contributed by atoms with Crippen molar-refractivity contribution in [1.82, 2.24) is 4.98 Å². The summed E-state index contributed by atoms with van der Waals surface area (Å²) in [6.07, 6.45) is 2.62. The van der Waals surface area contributed by atoms with E-state index in [2.05, 4.69) is 4.98 Å². The molecule has 0 saturated heterocycles. The summed E-state index contributed by atoms with van der Waals surface area (Å²) in [5.41, 5.74) is 1.50. The average molecular weight is 172 g/mol. The topological polar surface area (TPSA) is 56.7 Å². The summed E-state index contributed by atoms with van der Waals surface area (Å²) < 4.78 is 0. The first kappa shape index (κ1) is 7.73. The molecule has 0 amide bonds. The molecule has 1 aromatic carbocycles. The number of Topliss-reactive ketones (excluding diaryl/α,β-unsaturated/α-hetero) is 1. The Hall–Kier alpha value is -1.90. The third kappa shape index (κ3) is 1.14. The van der Waals surface area contributed by atoms with Crippen LogP contribution in [0.5, 0.6) is 0 Å². The summed E-state index contributed by atoms with van der Waals surface area (Å²) in [6.45, 7) is 0. The van der Waals surface area contributed by atoms with Crippen molar-refractivity contribution < 1.29 is 4.79 Å². The van der Waals surface area contributed by atoms with Gasteiger partial charge in [-0.3, -0.25) is 4.79 Å². The molecule has 3 heteroatoms. The fraction of sp³-hybridized carbons (Fsp3) is 0. The molecule has 1 heterocycles. The first-order valence-electron chi connectivity index (χ1n) is 3.94. The van der Waals surface area contributed by atoms with Crippen LogP contribution >= 0.6 is 0 Å². The molecule has 2 aromatic rings. The molecule has 1 aromatic heterocycles. The van der Waals surface area contributed by atoms with E-state index in [9.17, 15) is 4.79 Å². The minimum Gasteiger partial charge on any atom is -0.361 e. The summed E-state index contributed by atoms with van der Waals surface area (Å²) in [5, 5.41) is 7.76. The fourth-order valence-corrected chi connectivity index (χ4v) is 1.38. The molecule has 0 unspecified atom stereocenters. The summed E-state index contributed by atoms with van der Waals surface area (Å²) in [4.78, 5) is 14.3. The lowest BCUT2D eigenvalue weighted by molar-refractivity contribution is 0.107. The molecular weight excluding hydrogens is 164 g/mol. The van der Waals surface area contributed by atoms with Crippen LogP contribution in [0.4, 0.5) is 0 Å². The Morgan fingerprint density at radius 3 is 3.00 bits per heavy atom. The molecule has 2 rings (SSSR count). The lowest BCUT2D eigenvalue weighted by Gasteiger charge is -1.96. The number of H-pyrrole nitrogens is 1. The van der Waals surface area contributed by atoms with E-state index in [4.69, 9.17) is 5.41 Å². The van der Waals surface area contributed by atoms with Crippen LogP contribution in [0.2, 0.25) is 0 Å². The van der Waals surface area contributed by atoms with E-state index < -0.39 is 0 Å². The van der Waals surface area contributed by atoms with Gasteiger partial charge in [0.05, 0.1) is 6.21 Å². The molecular formula is C10H8N2O. The Bertz CT molecular complexity index is 470. The molecule has 64 valence electrons. The zero-order valence-electron chi connectivity index (χ0n) is 6.87. The van der Waals surface area contributed by atoms with Gasteiger partial charge in [-0.2, -0.15) is 0 Å². The first-order valence-corrected chi connectivity index (χ1v) is 3.94. The van der Waals surface area contributed by atoms with Crippen LogP contribution in [0, 0.1) is 5.41 Å². The number of nitrogens with one attached hydrogen (secondary N) is 2. The second kappa shape index (κ2) is 2.86. The van der Waals surface area contributed by atoms with Gasteiger partial charge in [0, 0.05) is 22.7 Å². The summed E-state index contributed by atoms with van der Waals surface area (Å²) in [7, 11) is 0. The smallest absolute Gasteiger partial charge is 0.203 e. The van der Waals surface area contributed by atoms with Crippen LogP contribution in [-0.4, -0.2) is 17.0 Å². The largest absolute Gasteiger partial charge is 0.361 e. The van der Waals surface area contributed by atoms with Crippen LogP contribution < -0.4 is 0 Å². The molecule has 0 radical (unpaired) electrons. The Balaban J connectivity index is 2.74. The maximum Gasteiger partial charge on any atom is 0.203 e. The summed E-state index contributed by atoms with van der Waals surface area (Å²) in [5.74, 6) is -0.259. The molecule has 0 aliphatic heterocycles. The third-order valence-electron chi connectivity index (χ3n) is 1.99. The van der Waals surface area contributed by atoms with Crippen LogP contribution in [-0.2, 0) is 0 Å². The van der Waals surface area contributed by atoms with E-state index in [-0.39, 0.29) is 5.78 Å². The molecule has 2 N–H and O–H groups in total. The molecule has 0 spiro atoms. The number of hydrogen-bond donors (Lipinski definition) is 2. The number of carbonyl (C=O) groups excluding carboxylic acids is 1. The van der Waals surface area contributed by atoms with Crippen LogP contribution in [0.25, 0.3) is 10.9 Å². The number of ketones is 1. The molecule has 0 aliphatic rings. The first-order chi connectivity index (χ1) is 6.33. The van der Waals surface area contributed by atoms with Gasteiger partial charge in [-0.15, -0.1) is 0 Å². The van der Waals surface area contributed by atoms with E-state index in [1.807, 2.05) is 12.1 Å². The van der Waals surface area contributed by atoms with E-state index >= 15 is 0 Å². The van der Waals surface area contributed by atoms with E-state index in [0.717, 1.165) is 17.1 Å². The normalized spacial score (nSPS) is 10.2. The number of aromatic nitrogens is 1. The summed E-state index contributed by atoms with van der Waals surface area (Å²) in [6, 6.07) is 7.27. The molecule has 0 saturated carbocycles. The Morgan fingerprint density at radius 1 is 1.38 bits per heavy atom. The molecule has 0 fully saturated rings. The summed E-state index contributed by atoms with van der Waals surface area (Å²) >= 11 is 0. The number of hydrogen-bond acceptors (Lipinski definition) is 2. The zero-order valence-corrected chi connectivity index (χ0v) is 6.87. The van der Waals surface area contributed by atoms with Gasteiger partial charge in [0.1, 0.15) is 0 Å². The average Bonchev–Trinajstić information content (AvgIpc) is 2.63. The van der Waals surface area contributed by atoms with Gasteiger partial charge in [-0.05, 0) is 12.1 Å². The zero-order chi connectivity index (χ0) is 9.26. The van der Waals surface area contributed by atoms with Crippen molar-refractivity contribution in [1.29, 1.82) is 5.41 Å². The van der Waals surface area contributed by atoms with E-state index in [1.165, 1.54) is 0 Å². The minimum absolute atomic E-state index is 0.259. The molecule has 0 atom stereocenters. The molecule has 0 bridgehead atoms. The Labute approximate surface area is 74.9 Å². The maximum absolute atomic E-state index is 11.3. The van der Waals surface area contributed by atoms with Crippen molar-refractivity contribution in [2.75, 3.05) is 0 Å². The van der Waals surface area contributed by atoms with E-state index in [0.29, 0.717) is 5.56 Å². The highest BCUT2D eigenvalue weighted by Gasteiger charge is 2.06. The van der Waals surface area contributed by atoms with Gasteiger partial charge in [-0.1, -0.05) is 12.1 Å². The van der Waals surface area contributed by atoms with Crippen molar-refractivity contribution in [3.63, 3.8) is 0 Å². The van der Waals surface area contributed by atoms with Crippen molar-refractivity contribution in [2.24, 2.45) is 0 Å². The van der Waals surface area contributed by atoms with Crippen molar-refractivity contribution in [3.05, 3.63) is 36.0 Å². The highest BCUT2D eigenvalue weighted by Crippen LogP contribution is 2.16. The van der Waals surface area contributed by atoms with Crippen LogP contribution in [0.15, 0.2) is 30.5 Å². The molecule has 13 heavy (non-hydrogen) atoms. The Kier molecular flexibility index (Phi) is 1.70. The Morgan fingerprint density at radius 2 is 2.23 bits per heavy atom. The van der Waals surface area contributed by atoms with E-state index in [1.54, 1.807) is 18.3 Å². The van der Waals surface area contributed by atoms with Gasteiger partial charge < -0.3 is 10.4 Å². The van der Waals surface area contributed by atoms with Crippen LogP contribution in [0.1, 0.15) is 10.4 Å². The van der Waals surface area contributed by atoms with Gasteiger partial charge >= 0.3 is 0 Å². The highest BCUT2D eigenvalue weighted by atomic mass is 16.1. The number of benzene rings is 1. The molecule has 3 nitrogen and oxygen atoms in total. The number of aromatic amines is 1. The SMILES string of the molecule is N=CC(=O)c1cccc2[nH]ccc12. The predicted octanol–water partition coefficient (Wildman–Crippen LogP) is 2.00. The number of carbonyl (C=O) groups is 1. The van der Waals surface area contributed by atoms with Crippen LogP contribution in [0.3, 0.4) is 0 Å². The van der Waals surface area contributed by atoms with Gasteiger partial charge in [-0.25, -0.2) is 0 Å². The second-order valence-electron chi connectivity index (χ2n) is 2.75. The highest BCUT2D eigenvalue weighted by molar-refractivity contribution is 6.37. The lowest BCUT2D eigenvalue weighted by Crippen LogP contribution is -1.98. The minimum atomic E-state index is -0.259. The molecule has 0 aliphatic carbocycles. The monoisotopic (exact) mass is 172 g/mol. The predicted molar refractivity (Wildman–Crippen MR) is 51.4 cm³/mol. The van der Waals surface area contributed by atoms with Gasteiger partial charge in [0.25, 0.3) is 0 Å². The lowest BCUT2D eigenvalue weighted by atomic mass is 10.1. The standard InChI is InChI=1S/C10H8N2O/c11-6-10(13)8-2-1-3-9-7(8)4-5-12-9/h1-6,11-12H. The van der Waals surface area contributed by atoms with Gasteiger partial charge in [0.15, 0.2) is 0 Å². The third-order valence-corrected chi connectivity index (χ3v) is 1.99. The van der Waals surface area contributed by atoms with Crippen molar-refractivity contribution >= 4 is 22.9 Å². The van der Waals surface area contributed by atoms with Crippen molar-refractivity contribution in [2.45, 2.75) is 0 Å². The van der Waals surface area contributed by atoms with Crippen molar-refractivity contribution in [3.8, 4) is 0 Å². The second-order valence-corrected chi connectivity index (χ2v) is 2.75. The fourth-order valence-electron chi connectivity index (χ4n) is 1.38.